The molecule has 106 valence electrons. The maximum absolute atomic E-state index is 11.8. The zero-order chi connectivity index (χ0) is 14.6. The van der Waals surface area contributed by atoms with Gasteiger partial charge in [0.25, 0.3) is 0 Å². The Morgan fingerprint density at radius 3 is 2.47 bits per heavy atom. The highest BCUT2D eigenvalue weighted by molar-refractivity contribution is 5.88. The minimum atomic E-state index is -0.502. The zero-order valence-electron chi connectivity index (χ0n) is 11.8. The first kappa shape index (κ1) is 15.1. The van der Waals surface area contributed by atoms with E-state index in [9.17, 15) is 9.59 Å². The molecule has 0 spiro atoms. The largest absolute Gasteiger partial charge is 0.461 e. The fraction of sp³-hybridized carbons (Fsp3) is 0.667. The number of carbonyl (C=O) groups is 2. The summed E-state index contributed by atoms with van der Waals surface area (Å²) < 4.78 is 6.49. The first-order valence-corrected chi connectivity index (χ1v) is 6.16. The molecule has 0 aliphatic carbocycles. The number of nitrogens with two attached hydrogens (primary N) is 1. The van der Waals surface area contributed by atoms with Crippen molar-refractivity contribution in [3.05, 3.63) is 11.4 Å². The van der Waals surface area contributed by atoms with Crippen LogP contribution >= 0.6 is 0 Å². The van der Waals surface area contributed by atoms with Crippen LogP contribution in [0.1, 0.15) is 50.3 Å². The van der Waals surface area contributed by atoms with Gasteiger partial charge in [0.05, 0.1) is 18.8 Å². The zero-order valence-corrected chi connectivity index (χ0v) is 11.8. The molecule has 0 radical (unpaired) electrons. The Bertz CT molecular complexity index is 474. The number of nitrogens with zero attached hydrogens (tertiary/aromatic N) is 3. The van der Waals surface area contributed by atoms with Gasteiger partial charge in [-0.05, 0) is 6.92 Å². The minimum Gasteiger partial charge on any atom is -0.461 e. The van der Waals surface area contributed by atoms with Crippen LogP contribution in [0.4, 0.5) is 0 Å². The minimum absolute atomic E-state index is 0.148. The normalized spacial score (nSPS) is 11.4. The summed E-state index contributed by atoms with van der Waals surface area (Å²) >= 11 is 0. The molecule has 1 rings (SSSR count). The maximum atomic E-state index is 11.8. The molecule has 0 aromatic carbocycles. The van der Waals surface area contributed by atoms with Crippen LogP contribution in [0.25, 0.3) is 0 Å². The molecule has 0 atom stereocenters. The van der Waals surface area contributed by atoms with Crippen molar-refractivity contribution >= 4 is 11.9 Å². The molecule has 0 fully saturated rings. The lowest BCUT2D eigenvalue weighted by atomic mass is 9.90. The van der Waals surface area contributed by atoms with Crippen LogP contribution in [0.3, 0.4) is 0 Å². The lowest BCUT2D eigenvalue weighted by Gasteiger charge is -2.20. The molecular formula is C12H20N4O3. The van der Waals surface area contributed by atoms with Crippen molar-refractivity contribution in [3.63, 3.8) is 0 Å². The molecule has 0 unspecified atom stereocenters. The van der Waals surface area contributed by atoms with Crippen LogP contribution in [0.5, 0.6) is 0 Å². The van der Waals surface area contributed by atoms with Crippen molar-refractivity contribution in [2.24, 2.45) is 5.73 Å². The van der Waals surface area contributed by atoms with Crippen LogP contribution in [0, 0.1) is 0 Å². The Hall–Kier alpha value is -1.92. The number of esters is 1. The molecule has 1 amide bonds. The summed E-state index contributed by atoms with van der Waals surface area (Å²) in [5.41, 5.74) is 5.62. The smallest absolute Gasteiger partial charge is 0.360 e. The van der Waals surface area contributed by atoms with Gasteiger partial charge in [0.2, 0.25) is 5.91 Å². The van der Waals surface area contributed by atoms with Gasteiger partial charge in [-0.1, -0.05) is 26.0 Å². The third-order valence-electron chi connectivity index (χ3n) is 2.48. The molecule has 0 saturated carbocycles. The van der Waals surface area contributed by atoms with Crippen molar-refractivity contribution < 1.29 is 14.3 Å². The van der Waals surface area contributed by atoms with Crippen molar-refractivity contribution in [2.75, 3.05) is 6.61 Å². The molecule has 2 N–H and O–H groups in total. The highest BCUT2D eigenvalue weighted by Gasteiger charge is 2.29. The molecule has 0 bridgehead atoms. The van der Waals surface area contributed by atoms with E-state index in [1.807, 2.05) is 20.8 Å². The Kier molecular flexibility index (Phi) is 4.63. The third-order valence-corrected chi connectivity index (χ3v) is 2.48. The van der Waals surface area contributed by atoms with Crippen molar-refractivity contribution in [3.8, 4) is 0 Å². The van der Waals surface area contributed by atoms with Gasteiger partial charge < -0.3 is 10.5 Å². The Balaban J connectivity index is 3.12. The number of primary amides is 1. The fourth-order valence-electron chi connectivity index (χ4n) is 1.76. The Morgan fingerprint density at radius 2 is 2.00 bits per heavy atom. The van der Waals surface area contributed by atoms with Crippen LogP contribution in [-0.4, -0.2) is 33.5 Å². The van der Waals surface area contributed by atoms with Crippen LogP contribution in [-0.2, 0) is 21.5 Å². The molecular weight excluding hydrogens is 248 g/mol. The topological polar surface area (TPSA) is 100 Å². The van der Waals surface area contributed by atoms with Gasteiger partial charge in [0.15, 0.2) is 5.69 Å². The monoisotopic (exact) mass is 268 g/mol. The molecule has 19 heavy (non-hydrogen) atoms. The number of carbonyl (C=O) groups excluding carboxylic acids is 2. The van der Waals surface area contributed by atoms with Crippen molar-refractivity contribution in [1.29, 1.82) is 0 Å². The number of aromatic nitrogens is 3. The molecule has 0 aliphatic rings. The molecule has 1 aromatic rings. The standard InChI is InChI=1S/C12H20N4O3/c1-5-19-11(18)9-10(12(2,3)4)16(15-14-9)7-6-8(13)17/h5-7H2,1-4H3,(H2,13,17). The van der Waals surface area contributed by atoms with Gasteiger partial charge >= 0.3 is 5.97 Å². The Labute approximate surface area is 112 Å². The fourth-order valence-corrected chi connectivity index (χ4v) is 1.76. The number of amides is 1. The molecule has 1 heterocycles. The number of hydrogen-bond acceptors (Lipinski definition) is 5. The summed E-state index contributed by atoms with van der Waals surface area (Å²) in [4.78, 5) is 22.7. The second kappa shape index (κ2) is 5.81. The highest BCUT2D eigenvalue weighted by Crippen LogP contribution is 2.25. The highest BCUT2D eigenvalue weighted by atomic mass is 16.5. The SMILES string of the molecule is CCOC(=O)c1nnn(CCC(N)=O)c1C(C)(C)C. The van der Waals surface area contributed by atoms with Crippen molar-refractivity contribution in [1.82, 2.24) is 15.0 Å². The van der Waals surface area contributed by atoms with Crippen LogP contribution in [0.2, 0.25) is 0 Å². The maximum Gasteiger partial charge on any atom is 0.360 e. The number of hydrogen-bond donors (Lipinski definition) is 1. The van der Waals surface area contributed by atoms with Gasteiger partial charge in [-0.3, -0.25) is 4.79 Å². The second-order valence-corrected chi connectivity index (χ2v) is 5.20. The molecule has 1 aromatic heterocycles. The van der Waals surface area contributed by atoms with E-state index >= 15 is 0 Å². The predicted molar refractivity (Wildman–Crippen MR) is 68.5 cm³/mol. The third kappa shape index (κ3) is 3.77. The summed E-state index contributed by atoms with van der Waals surface area (Å²) in [7, 11) is 0. The van der Waals surface area contributed by atoms with E-state index in [-0.39, 0.29) is 24.1 Å². The molecule has 0 saturated heterocycles. The summed E-state index contributed by atoms with van der Waals surface area (Å²) in [6.45, 7) is 8.12. The molecule has 0 aliphatic heterocycles. The first-order valence-electron chi connectivity index (χ1n) is 6.16. The van der Waals surface area contributed by atoms with Gasteiger partial charge in [-0.25, -0.2) is 9.48 Å². The number of aryl methyl sites for hydroxylation is 1. The quantitative estimate of drug-likeness (QED) is 0.789. The van der Waals surface area contributed by atoms with E-state index in [2.05, 4.69) is 10.3 Å². The average molecular weight is 268 g/mol. The summed E-state index contributed by atoms with van der Waals surface area (Å²) in [6, 6.07) is 0. The average Bonchev–Trinajstić information content (AvgIpc) is 2.70. The lowest BCUT2D eigenvalue weighted by Crippen LogP contribution is -2.24. The number of ether oxygens (including phenoxy) is 1. The van der Waals surface area contributed by atoms with E-state index in [0.717, 1.165) is 0 Å². The molecule has 7 heteroatoms. The van der Waals surface area contributed by atoms with E-state index in [1.54, 1.807) is 6.92 Å². The summed E-state index contributed by atoms with van der Waals surface area (Å²) in [6.07, 6.45) is 0.148. The van der Waals surface area contributed by atoms with Gasteiger partial charge in [0.1, 0.15) is 0 Å². The van der Waals surface area contributed by atoms with E-state index in [4.69, 9.17) is 10.5 Å². The van der Waals surface area contributed by atoms with Crippen molar-refractivity contribution in [2.45, 2.75) is 46.1 Å². The first-order chi connectivity index (χ1) is 8.77. The van der Waals surface area contributed by atoms with Gasteiger partial charge in [-0.15, -0.1) is 5.10 Å². The summed E-state index contributed by atoms with van der Waals surface area (Å²) in [5.74, 6) is -0.925. The summed E-state index contributed by atoms with van der Waals surface area (Å²) in [5, 5.41) is 7.78. The Morgan fingerprint density at radius 1 is 1.37 bits per heavy atom. The van der Waals surface area contributed by atoms with Crippen LogP contribution < -0.4 is 5.73 Å². The van der Waals surface area contributed by atoms with Crippen LogP contribution in [0.15, 0.2) is 0 Å². The van der Waals surface area contributed by atoms with Gasteiger partial charge in [-0.2, -0.15) is 0 Å². The lowest BCUT2D eigenvalue weighted by molar-refractivity contribution is -0.118. The van der Waals surface area contributed by atoms with Gasteiger partial charge in [0, 0.05) is 11.8 Å². The predicted octanol–water partition coefficient (Wildman–Crippen LogP) is 0.628. The second-order valence-electron chi connectivity index (χ2n) is 5.20. The number of rotatable bonds is 5. The van der Waals surface area contributed by atoms with E-state index in [0.29, 0.717) is 12.2 Å². The molecule has 7 nitrogen and oxygen atoms in total. The van der Waals surface area contributed by atoms with E-state index in [1.165, 1.54) is 4.68 Å². The van der Waals surface area contributed by atoms with E-state index < -0.39 is 11.9 Å².